The normalized spacial score (nSPS) is 12.1. The molecule has 0 fully saturated rings. The van der Waals surface area contributed by atoms with Gasteiger partial charge in [0.25, 0.3) is 0 Å². The third kappa shape index (κ3) is 5.65. The summed E-state index contributed by atoms with van der Waals surface area (Å²) in [5, 5.41) is 3.53. The molecule has 0 radical (unpaired) electrons. The Balaban J connectivity index is 2.62. The van der Waals surface area contributed by atoms with Gasteiger partial charge in [0, 0.05) is 18.6 Å². The van der Waals surface area contributed by atoms with Crippen molar-refractivity contribution in [2.45, 2.75) is 53.2 Å². The number of benzene rings is 1. The number of hydrogen-bond donors (Lipinski definition) is 1. The Labute approximate surface area is 112 Å². The first-order chi connectivity index (χ1) is 8.44. The molecule has 2 nitrogen and oxygen atoms in total. The van der Waals surface area contributed by atoms with Gasteiger partial charge in [-0.05, 0) is 45.0 Å². The van der Waals surface area contributed by atoms with Crippen LogP contribution in [0.1, 0.15) is 45.7 Å². The average molecular weight is 248 g/mol. The van der Waals surface area contributed by atoms with Crippen molar-refractivity contribution in [3.05, 3.63) is 35.4 Å². The summed E-state index contributed by atoms with van der Waals surface area (Å²) in [6.07, 6.45) is 0. The first-order valence-electron chi connectivity index (χ1n) is 6.99. The molecule has 0 amide bonds. The highest BCUT2D eigenvalue weighted by atomic mass is 15.1. The lowest BCUT2D eigenvalue weighted by Crippen LogP contribution is -2.35. The van der Waals surface area contributed by atoms with Crippen molar-refractivity contribution in [3.8, 4) is 0 Å². The van der Waals surface area contributed by atoms with Gasteiger partial charge in [0.05, 0.1) is 0 Å². The Morgan fingerprint density at radius 3 is 2.22 bits per heavy atom. The minimum absolute atomic E-state index is 0.175. The van der Waals surface area contributed by atoms with Crippen LogP contribution in [0.3, 0.4) is 0 Å². The predicted molar refractivity (Wildman–Crippen MR) is 79.7 cm³/mol. The minimum Gasteiger partial charge on any atom is -0.308 e. The molecule has 0 aliphatic rings. The number of nitrogens with zero attached hydrogens (tertiary/aromatic N) is 1. The summed E-state index contributed by atoms with van der Waals surface area (Å²) in [5.74, 6) is 0. The second-order valence-corrected chi connectivity index (χ2v) is 5.88. The number of hydrogen-bond acceptors (Lipinski definition) is 2. The SMILES string of the molecule is CCN(CC)Cc1cccc(CNC(C)(C)C)c1. The summed E-state index contributed by atoms with van der Waals surface area (Å²) in [5.41, 5.74) is 2.95. The molecule has 0 heterocycles. The zero-order chi connectivity index (χ0) is 13.6. The summed E-state index contributed by atoms with van der Waals surface area (Å²) in [4.78, 5) is 2.44. The smallest absolute Gasteiger partial charge is 0.0233 e. The monoisotopic (exact) mass is 248 g/mol. The van der Waals surface area contributed by atoms with Crippen LogP contribution in [0.4, 0.5) is 0 Å². The Morgan fingerprint density at radius 2 is 1.67 bits per heavy atom. The van der Waals surface area contributed by atoms with Crippen LogP contribution in [-0.4, -0.2) is 23.5 Å². The number of nitrogens with one attached hydrogen (secondary N) is 1. The van der Waals surface area contributed by atoms with Crippen molar-refractivity contribution in [1.82, 2.24) is 10.2 Å². The Morgan fingerprint density at radius 1 is 1.06 bits per heavy atom. The van der Waals surface area contributed by atoms with Crippen molar-refractivity contribution >= 4 is 0 Å². The van der Waals surface area contributed by atoms with Crippen molar-refractivity contribution in [1.29, 1.82) is 0 Å². The summed E-state index contributed by atoms with van der Waals surface area (Å²) >= 11 is 0. The largest absolute Gasteiger partial charge is 0.308 e. The molecule has 0 bridgehead atoms. The van der Waals surface area contributed by atoms with E-state index in [1.807, 2.05) is 0 Å². The third-order valence-corrected chi connectivity index (χ3v) is 3.11. The molecule has 0 aliphatic carbocycles. The maximum Gasteiger partial charge on any atom is 0.0233 e. The van der Waals surface area contributed by atoms with Crippen LogP contribution < -0.4 is 5.32 Å². The highest BCUT2D eigenvalue weighted by Crippen LogP contribution is 2.10. The first-order valence-corrected chi connectivity index (χ1v) is 6.99. The van der Waals surface area contributed by atoms with Crippen LogP contribution in [0.25, 0.3) is 0 Å². The number of rotatable bonds is 6. The van der Waals surface area contributed by atoms with Gasteiger partial charge in [0.2, 0.25) is 0 Å². The lowest BCUT2D eigenvalue weighted by molar-refractivity contribution is 0.295. The highest BCUT2D eigenvalue weighted by Gasteiger charge is 2.08. The fourth-order valence-electron chi connectivity index (χ4n) is 1.91. The van der Waals surface area contributed by atoms with E-state index in [1.165, 1.54) is 11.1 Å². The van der Waals surface area contributed by atoms with Crippen molar-refractivity contribution in [2.24, 2.45) is 0 Å². The van der Waals surface area contributed by atoms with Gasteiger partial charge in [-0.1, -0.05) is 38.1 Å². The van der Waals surface area contributed by atoms with E-state index in [9.17, 15) is 0 Å². The molecule has 18 heavy (non-hydrogen) atoms. The van der Waals surface area contributed by atoms with E-state index < -0.39 is 0 Å². The zero-order valence-corrected chi connectivity index (χ0v) is 12.6. The molecule has 1 aromatic carbocycles. The molecule has 0 aliphatic heterocycles. The Bertz CT molecular complexity index is 348. The molecule has 0 spiro atoms. The fraction of sp³-hybridized carbons (Fsp3) is 0.625. The van der Waals surface area contributed by atoms with Crippen molar-refractivity contribution in [2.75, 3.05) is 13.1 Å². The molecule has 1 N–H and O–H groups in total. The van der Waals surface area contributed by atoms with E-state index in [0.717, 1.165) is 26.2 Å². The molecule has 0 unspecified atom stereocenters. The van der Waals surface area contributed by atoms with E-state index in [0.29, 0.717) is 0 Å². The maximum atomic E-state index is 3.53. The molecule has 0 aromatic heterocycles. The maximum absolute atomic E-state index is 3.53. The van der Waals surface area contributed by atoms with Crippen LogP contribution in [-0.2, 0) is 13.1 Å². The van der Waals surface area contributed by atoms with E-state index in [2.05, 4.69) is 69.1 Å². The van der Waals surface area contributed by atoms with Crippen molar-refractivity contribution < 1.29 is 0 Å². The molecule has 2 heteroatoms. The lowest BCUT2D eigenvalue weighted by Gasteiger charge is -2.21. The van der Waals surface area contributed by atoms with Gasteiger partial charge in [0.15, 0.2) is 0 Å². The third-order valence-electron chi connectivity index (χ3n) is 3.11. The molecule has 1 aromatic rings. The van der Waals surface area contributed by atoms with E-state index >= 15 is 0 Å². The zero-order valence-electron chi connectivity index (χ0n) is 12.6. The summed E-state index contributed by atoms with van der Waals surface area (Å²) in [7, 11) is 0. The van der Waals surface area contributed by atoms with E-state index in [4.69, 9.17) is 0 Å². The summed E-state index contributed by atoms with van der Waals surface area (Å²) in [6, 6.07) is 8.90. The van der Waals surface area contributed by atoms with Gasteiger partial charge >= 0.3 is 0 Å². The Hall–Kier alpha value is -0.860. The molecule has 0 atom stereocenters. The fourth-order valence-corrected chi connectivity index (χ4v) is 1.91. The van der Waals surface area contributed by atoms with Gasteiger partial charge in [-0.15, -0.1) is 0 Å². The van der Waals surface area contributed by atoms with Crippen LogP contribution >= 0.6 is 0 Å². The standard InChI is InChI=1S/C16H28N2/c1-6-18(7-2)13-15-10-8-9-14(11-15)12-17-16(3,4)5/h8-11,17H,6-7,12-13H2,1-5H3. The molecular weight excluding hydrogens is 220 g/mol. The minimum atomic E-state index is 0.175. The van der Waals surface area contributed by atoms with Gasteiger partial charge < -0.3 is 5.32 Å². The summed E-state index contributed by atoms with van der Waals surface area (Å²) < 4.78 is 0. The van der Waals surface area contributed by atoms with Gasteiger partial charge in [0.1, 0.15) is 0 Å². The predicted octanol–water partition coefficient (Wildman–Crippen LogP) is 3.42. The lowest BCUT2D eigenvalue weighted by atomic mass is 10.1. The first kappa shape index (κ1) is 15.2. The molecular formula is C16H28N2. The van der Waals surface area contributed by atoms with Gasteiger partial charge in [-0.3, -0.25) is 4.90 Å². The molecule has 102 valence electrons. The van der Waals surface area contributed by atoms with E-state index in [1.54, 1.807) is 0 Å². The topological polar surface area (TPSA) is 15.3 Å². The van der Waals surface area contributed by atoms with E-state index in [-0.39, 0.29) is 5.54 Å². The van der Waals surface area contributed by atoms with Crippen LogP contribution in [0, 0.1) is 0 Å². The quantitative estimate of drug-likeness (QED) is 0.830. The molecule has 1 rings (SSSR count). The molecule has 0 saturated carbocycles. The second-order valence-electron chi connectivity index (χ2n) is 5.88. The van der Waals surface area contributed by atoms with Gasteiger partial charge in [-0.2, -0.15) is 0 Å². The average Bonchev–Trinajstić information content (AvgIpc) is 2.33. The second kappa shape index (κ2) is 6.91. The van der Waals surface area contributed by atoms with Gasteiger partial charge in [-0.25, -0.2) is 0 Å². The highest BCUT2D eigenvalue weighted by molar-refractivity contribution is 5.23. The summed E-state index contributed by atoms with van der Waals surface area (Å²) in [6.45, 7) is 15.3. The van der Waals surface area contributed by atoms with Crippen LogP contribution in [0.5, 0.6) is 0 Å². The van der Waals surface area contributed by atoms with Crippen LogP contribution in [0.2, 0.25) is 0 Å². The molecule has 0 saturated heterocycles. The van der Waals surface area contributed by atoms with Crippen LogP contribution in [0.15, 0.2) is 24.3 Å². The van der Waals surface area contributed by atoms with Crippen molar-refractivity contribution in [3.63, 3.8) is 0 Å². The Kier molecular flexibility index (Phi) is 5.83.